The van der Waals surface area contributed by atoms with Crippen LogP contribution < -0.4 is 10.2 Å². The third-order valence-corrected chi connectivity index (χ3v) is 6.06. The van der Waals surface area contributed by atoms with Crippen LogP contribution in [0.4, 0.5) is 17.5 Å². The molecule has 0 aliphatic carbocycles. The van der Waals surface area contributed by atoms with E-state index in [9.17, 15) is 0 Å². The topological polar surface area (TPSA) is 41.1 Å². The van der Waals surface area contributed by atoms with Gasteiger partial charge in [-0.2, -0.15) is 4.98 Å². The summed E-state index contributed by atoms with van der Waals surface area (Å²) in [6.07, 6.45) is 0.919. The molecule has 1 aromatic heterocycles. The minimum absolute atomic E-state index is 0.210. The molecule has 0 fully saturated rings. The molecule has 4 rings (SSSR count). The maximum Gasteiger partial charge on any atom is 0.229 e. The summed E-state index contributed by atoms with van der Waals surface area (Å²) >= 11 is 6.43. The predicted octanol–water partition coefficient (Wildman–Crippen LogP) is 5.92. The molecule has 3 aromatic rings. The van der Waals surface area contributed by atoms with Crippen molar-refractivity contribution in [1.29, 1.82) is 0 Å². The van der Waals surface area contributed by atoms with Crippen molar-refractivity contribution < 1.29 is 0 Å². The summed E-state index contributed by atoms with van der Waals surface area (Å²) in [5, 5.41) is 4.26. The molecule has 4 nitrogen and oxygen atoms in total. The lowest BCUT2D eigenvalue weighted by atomic mass is 9.93. The molecule has 1 N–H and O–H groups in total. The number of para-hydroxylation sites is 1. The molecule has 2 aromatic carbocycles. The van der Waals surface area contributed by atoms with Crippen LogP contribution in [-0.2, 0) is 6.42 Å². The van der Waals surface area contributed by atoms with Gasteiger partial charge in [0.05, 0.1) is 6.04 Å². The van der Waals surface area contributed by atoms with Crippen molar-refractivity contribution in [3.05, 3.63) is 75.4 Å². The third-order valence-electron chi connectivity index (χ3n) is 5.70. The lowest BCUT2D eigenvalue weighted by molar-refractivity contribution is 0.614. The van der Waals surface area contributed by atoms with Crippen LogP contribution in [0.1, 0.15) is 40.9 Å². The zero-order valence-corrected chi connectivity index (χ0v) is 17.5. The van der Waals surface area contributed by atoms with Gasteiger partial charge in [-0.05, 0) is 62.9 Å². The fourth-order valence-electron chi connectivity index (χ4n) is 3.90. The van der Waals surface area contributed by atoms with Crippen LogP contribution in [0.25, 0.3) is 0 Å². The van der Waals surface area contributed by atoms with Gasteiger partial charge in [0.1, 0.15) is 5.82 Å². The average Bonchev–Trinajstić information content (AvgIpc) is 2.68. The number of rotatable bonds is 3. The van der Waals surface area contributed by atoms with Gasteiger partial charge in [-0.3, -0.25) is 0 Å². The fraction of sp³-hybridized carbons (Fsp3) is 0.304. The number of fused-ring (bicyclic) bond motifs is 1. The zero-order valence-electron chi connectivity index (χ0n) is 16.8. The van der Waals surface area contributed by atoms with Gasteiger partial charge in [-0.15, -0.1) is 0 Å². The van der Waals surface area contributed by atoms with Crippen molar-refractivity contribution in [2.24, 2.45) is 0 Å². The van der Waals surface area contributed by atoms with Crippen molar-refractivity contribution in [3.63, 3.8) is 0 Å². The molecule has 1 aliphatic rings. The zero-order chi connectivity index (χ0) is 19.8. The molecule has 0 amide bonds. The van der Waals surface area contributed by atoms with Gasteiger partial charge in [0.2, 0.25) is 5.95 Å². The number of aromatic nitrogens is 2. The molecule has 144 valence electrons. The Bertz CT molecular complexity index is 1030. The number of nitrogens with zero attached hydrogens (tertiary/aromatic N) is 3. The Morgan fingerprint density at radius 3 is 2.61 bits per heavy atom. The van der Waals surface area contributed by atoms with Gasteiger partial charge in [0.25, 0.3) is 0 Å². The highest BCUT2D eigenvalue weighted by Crippen LogP contribution is 2.37. The lowest BCUT2D eigenvalue weighted by Gasteiger charge is -2.37. The summed E-state index contributed by atoms with van der Waals surface area (Å²) in [6.45, 7) is 9.34. The van der Waals surface area contributed by atoms with Crippen LogP contribution >= 0.6 is 11.6 Å². The number of hydrogen-bond acceptors (Lipinski definition) is 4. The SMILES string of the molecule is Cc1ccccc1Nc1nc(C)c(C)c(N2CCc3c(Cl)cccc3C2C)n1. The molecule has 5 heteroatoms. The van der Waals surface area contributed by atoms with Crippen LogP contribution in [0.2, 0.25) is 5.02 Å². The van der Waals surface area contributed by atoms with Crippen molar-refractivity contribution in [1.82, 2.24) is 9.97 Å². The van der Waals surface area contributed by atoms with E-state index in [1.165, 1.54) is 16.7 Å². The molecule has 0 bridgehead atoms. The second-order valence-electron chi connectivity index (χ2n) is 7.45. The van der Waals surface area contributed by atoms with Crippen molar-refractivity contribution >= 4 is 29.1 Å². The molecule has 0 saturated heterocycles. The summed E-state index contributed by atoms with van der Waals surface area (Å²) < 4.78 is 0. The molecule has 0 radical (unpaired) electrons. The maximum atomic E-state index is 6.43. The van der Waals surface area contributed by atoms with E-state index in [0.29, 0.717) is 5.95 Å². The van der Waals surface area contributed by atoms with E-state index >= 15 is 0 Å². The molecule has 1 unspecified atom stereocenters. The standard InChI is InChI=1S/C23H25ClN4/c1-14-8-5-6-11-21(14)26-23-25-16(3)15(2)22(27-23)28-13-12-19-18(17(28)4)9-7-10-20(19)24/h5-11,17H,12-13H2,1-4H3,(H,25,26,27). The first kappa shape index (κ1) is 18.8. The number of aryl methyl sites for hydroxylation is 2. The molecule has 28 heavy (non-hydrogen) atoms. The van der Waals surface area contributed by atoms with Gasteiger partial charge < -0.3 is 10.2 Å². The number of hydrogen-bond donors (Lipinski definition) is 1. The van der Waals surface area contributed by atoms with E-state index < -0.39 is 0 Å². The molecular formula is C23H25ClN4. The first-order valence-corrected chi connectivity index (χ1v) is 10.1. The Balaban J connectivity index is 1.72. The van der Waals surface area contributed by atoms with Crippen molar-refractivity contribution in [2.75, 3.05) is 16.8 Å². The minimum Gasteiger partial charge on any atom is -0.349 e. The van der Waals surface area contributed by atoms with E-state index in [0.717, 1.165) is 40.8 Å². The second kappa shape index (κ2) is 7.44. The highest BCUT2D eigenvalue weighted by atomic mass is 35.5. The monoisotopic (exact) mass is 392 g/mol. The summed E-state index contributed by atoms with van der Waals surface area (Å²) in [7, 11) is 0. The molecule has 1 atom stereocenters. The number of benzene rings is 2. The van der Waals surface area contributed by atoms with Crippen molar-refractivity contribution in [3.8, 4) is 0 Å². The molecular weight excluding hydrogens is 368 g/mol. The van der Waals surface area contributed by atoms with Crippen molar-refractivity contribution in [2.45, 2.75) is 40.2 Å². The maximum absolute atomic E-state index is 6.43. The van der Waals surface area contributed by atoms with Crippen LogP contribution in [0.3, 0.4) is 0 Å². The number of anilines is 3. The van der Waals surface area contributed by atoms with Crippen LogP contribution in [0.15, 0.2) is 42.5 Å². The predicted molar refractivity (Wildman–Crippen MR) is 117 cm³/mol. The van der Waals surface area contributed by atoms with E-state index in [4.69, 9.17) is 16.6 Å². The Kier molecular flexibility index (Phi) is 4.98. The summed E-state index contributed by atoms with van der Waals surface area (Å²) in [4.78, 5) is 12.0. The van der Waals surface area contributed by atoms with E-state index in [1.54, 1.807) is 0 Å². The van der Waals surface area contributed by atoms with Gasteiger partial charge in [-0.1, -0.05) is 41.9 Å². The van der Waals surface area contributed by atoms with Gasteiger partial charge >= 0.3 is 0 Å². The Morgan fingerprint density at radius 2 is 1.82 bits per heavy atom. The minimum atomic E-state index is 0.210. The van der Waals surface area contributed by atoms with E-state index in [-0.39, 0.29) is 6.04 Å². The highest BCUT2D eigenvalue weighted by molar-refractivity contribution is 6.31. The van der Waals surface area contributed by atoms with Crippen LogP contribution in [-0.4, -0.2) is 16.5 Å². The first-order valence-electron chi connectivity index (χ1n) is 9.67. The smallest absolute Gasteiger partial charge is 0.229 e. The largest absolute Gasteiger partial charge is 0.349 e. The number of halogens is 1. The molecule has 1 aliphatic heterocycles. The Morgan fingerprint density at radius 1 is 1.04 bits per heavy atom. The lowest BCUT2D eigenvalue weighted by Crippen LogP contribution is -2.35. The van der Waals surface area contributed by atoms with Gasteiger partial charge in [-0.25, -0.2) is 4.98 Å². The fourth-order valence-corrected chi connectivity index (χ4v) is 4.17. The van der Waals surface area contributed by atoms with Gasteiger partial charge in [0.15, 0.2) is 0 Å². The van der Waals surface area contributed by atoms with E-state index in [2.05, 4.69) is 54.2 Å². The quantitative estimate of drug-likeness (QED) is 0.600. The Labute approximate surface area is 171 Å². The van der Waals surface area contributed by atoms with Crippen LogP contribution in [0.5, 0.6) is 0 Å². The molecule has 2 heterocycles. The van der Waals surface area contributed by atoms with Crippen LogP contribution in [0, 0.1) is 20.8 Å². The normalized spacial score (nSPS) is 16.0. The summed E-state index contributed by atoms with van der Waals surface area (Å²) in [6, 6.07) is 14.6. The molecule has 0 saturated carbocycles. The first-order chi connectivity index (χ1) is 13.5. The number of nitrogens with one attached hydrogen (secondary N) is 1. The highest BCUT2D eigenvalue weighted by Gasteiger charge is 2.28. The average molecular weight is 393 g/mol. The second-order valence-corrected chi connectivity index (χ2v) is 7.86. The third kappa shape index (κ3) is 3.33. The Hall–Kier alpha value is -2.59. The summed E-state index contributed by atoms with van der Waals surface area (Å²) in [5.74, 6) is 1.62. The van der Waals surface area contributed by atoms with E-state index in [1.807, 2.05) is 31.2 Å². The molecule has 0 spiro atoms. The summed E-state index contributed by atoms with van der Waals surface area (Å²) in [5.41, 5.74) is 6.84. The van der Waals surface area contributed by atoms with Gasteiger partial charge in [0, 0.05) is 28.5 Å².